The molecule has 5 nitrogen and oxygen atoms in total. The van der Waals surface area contributed by atoms with Crippen molar-refractivity contribution in [2.45, 2.75) is 0 Å². The molecule has 0 N–H and O–H groups in total. The van der Waals surface area contributed by atoms with E-state index in [1.165, 1.54) is 0 Å². The second-order valence-electron chi connectivity index (χ2n) is 2.69. The zero-order valence-electron chi connectivity index (χ0n) is 7.22. The van der Waals surface area contributed by atoms with Gasteiger partial charge in [-0.15, -0.1) is 5.10 Å². The average molecular weight is 414 g/mol. The SMILES string of the molecule is C[n+]1cccc(-c2nnnn2I)c1I. The quantitative estimate of drug-likeness (QED) is 0.397. The largest absolute Gasteiger partial charge is 0.252 e. The van der Waals surface area contributed by atoms with Crippen LogP contribution in [-0.4, -0.2) is 18.4 Å². The zero-order valence-corrected chi connectivity index (χ0v) is 11.5. The molecule has 2 aromatic rings. The standard InChI is InChI=1S/C7H6I2N5/c1-13-4-2-3-5(6(13)8)7-10-11-12-14(7)9/h2-4H,1H3/q+1. The third kappa shape index (κ3) is 1.74. The molecular weight excluding hydrogens is 408 g/mol. The van der Waals surface area contributed by atoms with Crippen LogP contribution in [0.5, 0.6) is 0 Å². The van der Waals surface area contributed by atoms with Crippen LogP contribution in [0.15, 0.2) is 18.3 Å². The number of tetrazole rings is 1. The van der Waals surface area contributed by atoms with Crippen LogP contribution in [0.1, 0.15) is 0 Å². The minimum absolute atomic E-state index is 0.770. The maximum Gasteiger partial charge on any atom is 0.252 e. The molecule has 0 saturated carbocycles. The third-order valence-corrected chi connectivity index (χ3v) is 3.77. The van der Waals surface area contributed by atoms with Crippen LogP contribution >= 0.6 is 45.5 Å². The van der Waals surface area contributed by atoms with Gasteiger partial charge in [0.25, 0.3) is 3.70 Å². The van der Waals surface area contributed by atoms with E-state index in [9.17, 15) is 0 Å². The molecule has 14 heavy (non-hydrogen) atoms. The number of rotatable bonds is 1. The lowest BCUT2D eigenvalue weighted by Crippen LogP contribution is -2.32. The summed E-state index contributed by atoms with van der Waals surface area (Å²) in [6, 6.07) is 3.98. The Balaban J connectivity index is 2.63. The van der Waals surface area contributed by atoms with Crippen molar-refractivity contribution in [1.82, 2.24) is 18.4 Å². The van der Waals surface area contributed by atoms with Crippen molar-refractivity contribution in [1.29, 1.82) is 0 Å². The third-order valence-electron chi connectivity index (χ3n) is 1.78. The van der Waals surface area contributed by atoms with Gasteiger partial charge >= 0.3 is 0 Å². The fraction of sp³-hybridized carbons (Fsp3) is 0.143. The fourth-order valence-corrected chi connectivity index (χ4v) is 2.11. The molecule has 0 amide bonds. The Morgan fingerprint density at radius 2 is 2.29 bits per heavy atom. The Morgan fingerprint density at radius 1 is 1.50 bits per heavy atom. The van der Waals surface area contributed by atoms with Crippen molar-refractivity contribution in [2.75, 3.05) is 0 Å². The minimum atomic E-state index is 0.770. The van der Waals surface area contributed by atoms with Gasteiger partial charge in [0.2, 0.25) is 0 Å². The summed E-state index contributed by atoms with van der Waals surface area (Å²) in [6.07, 6.45) is 1.99. The number of halogens is 2. The molecule has 0 aliphatic heterocycles. The monoisotopic (exact) mass is 414 g/mol. The van der Waals surface area contributed by atoms with Crippen LogP contribution < -0.4 is 4.57 Å². The van der Waals surface area contributed by atoms with E-state index in [4.69, 9.17) is 0 Å². The predicted molar refractivity (Wildman–Crippen MR) is 66.6 cm³/mol. The highest BCUT2D eigenvalue weighted by atomic mass is 127. The van der Waals surface area contributed by atoms with Gasteiger partial charge in [-0.2, -0.15) is 7.46 Å². The molecule has 0 atom stereocenters. The average Bonchev–Trinajstić information content (AvgIpc) is 2.57. The predicted octanol–water partition coefficient (Wildman–Crippen LogP) is 0.967. The Bertz CT molecular complexity index is 467. The first-order chi connectivity index (χ1) is 6.70. The number of nitrogens with zero attached hydrogens (tertiary/aromatic N) is 5. The first-order valence-corrected chi connectivity index (χ1v) is 5.83. The highest BCUT2D eigenvalue weighted by Crippen LogP contribution is 2.20. The summed E-state index contributed by atoms with van der Waals surface area (Å²) in [5, 5.41) is 11.4. The van der Waals surface area contributed by atoms with Crippen LogP contribution in [0.3, 0.4) is 0 Å². The van der Waals surface area contributed by atoms with Crippen LogP contribution in [0.25, 0.3) is 11.4 Å². The second-order valence-corrected chi connectivity index (χ2v) is 4.62. The molecule has 0 saturated heterocycles. The van der Waals surface area contributed by atoms with Gasteiger partial charge in [-0.3, -0.25) is 0 Å². The Hall–Kier alpha value is -0.320. The number of hydrogen-bond donors (Lipinski definition) is 0. The highest BCUT2D eigenvalue weighted by Gasteiger charge is 2.16. The molecule has 2 rings (SSSR count). The van der Waals surface area contributed by atoms with Gasteiger partial charge in [0.1, 0.15) is 7.05 Å². The maximum absolute atomic E-state index is 3.96. The van der Waals surface area contributed by atoms with Gasteiger partial charge in [-0.1, -0.05) is 0 Å². The van der Waals surface area contributed by atoms with E-state index in [-0.39, 0.29) is 0 Å². The van der Waals surface area contributed by atoms with Crippen molar-refractivity contribution in [3.05, 3.63) is 22.0 Å². The number of pyridine rings is 1. The first kappa shape index (κ1) is 10.2. The van der Waals surface area contributed by atoms with Gasteiger partial charge in [0.15, 0.2) is 12.0 Å². The summed E-state index contributed by atoms with van der Waals surface area (Å²) in [4.78, 5) is 0. The van der Waals surface area contributed by atoms with Gasteiger partial charge in [-0.05, 0) is 16.5 Å². The van der Waals surface area contributed by atoms with Crippen LogP contribution in [0.2, 0.25) is 0 Å². The lowest BCUT2D eigenvalue weighted by atomic mass is 10.3. The molecule has 0 bridgehead atoms. The normalized spacial score (nSPS) is 10.5. The van der Waals surface area contributed by atoms with E-state index in [0.717, 1.165) is 15.1 Å². The molecule has 0 fully saturated rings. The van der Waals surface area contributed by atoms with Gasteiger partial charge in [0, 0.05) is 28.7 Å². The lowest BCUT2D eigenvalue weighted by Gasteiger charge is -1.98. The van der Waals surface area contributed by atoms with E-state index in [1.54, 1.807) is 2.90 Å². The molecule has 2 aromatic heterocycles. The Morgan fingerprint density at radius 3 is 2.93 bits per heavy atom. The lowest BCUT2D eigenvalue weighted by molar-refractivity contribution is -0.683. The summed E-state index contributed by atoms with van der Waals surface area (Å²) < 4.78 is 4.77. The number of aromatic nitrogens is 5. The van der Waals surface area contributed by atoms with Crippen molar-refractivity contribution < 1.29 is 4.57 Å². The number of hydrogen-bond acceptors (Lipinski definition) is 3. The molecule has 0 unspecified atom stereocenters. The molecule has 0 aliphatic rings. The fourth-order valence-electron chi connectivity index (χ4n) is 1.09. The molecule has 0 aromatic carbocycles. The molecule has 72 valence electrons. The zero-order chi connectivity index (χ0) is 10.1. The Kier molecular flexibility index (Phi) is 2.95. The minimum Gasteiger partial charge on any atom is -0.196 e. The topological polar surface area (TPSA) is 47.5 Å². The summed E-state index contributed by atoms with van der Waals surface area (Å²) in [6.45, 7) is 0. The van der Waals surface area contributed by atoms with E-state index in [2.05, 4.69) is 61.0 Å². The van der Waals surface area contributed by atoms with Crippen LogP contribution in [0.4, 0.5) is 0 Å². The van der Waals surface area contributed by atoms with Gasteiger partial charge in [0.05, 0.1) is 28.4 Å². The van der Waals surface area contributed by atoms with Crippen molar-refractivity contribution in [2.24, 2.45) is 7.05 Å². The molecular formula is C7H6I2N5+. The molecule has 0 spiro atoms. The van der Waals surface area contributed by atoms with Gasteiger partial charge in [-0.25, -0.2) is 0 Å². The van der Waals surface area contributed by atoms with E-state index in [0.29, 0.717) is 0 Å². The van der Waals surface area contributed by atoms with Crippen molar-refractivity contribution >= 4 is 45.5 Å². The summed E-state index contributed by atoms with van der Waals surface area (Å²) in [7, 11) is 1.99. The van der Waals surface area contributed by atoms with Crippen LogP contribution in [0, 0.1) is 3.70 Å². The van der Waals surface area contributed by atoms with Gasteiger partial charge < -0.3 is 0 Å². The van der Waals surface area contributed by atoms with Crippen molar-refractivity contribution in [3.8, 4) is 11.4 Å². The van der Waals surface area contributed by atoms with E-state index in [1.807, 2.05) is 29.9 Å². The van der Waals surface area contributed by atoms with Crippen LogP contribution in [-0.2, 0) is 7.05 Å². The maximum atomic E-state index is 3.96. The Labute approximate surface area is 108 Å². The van der Waals surface area contributed by atoms with E-state index < -0.39 is 0 Å². The van der Waals surface area contributed by atoms with E-state index >= 15 is 0 Å². The molecule has 7 heteroatoms. The second kappa shape index (κ2) is 4.04. The van der Waals surface area contributed by atoms with Crippen molar-refractivity contribution in [3.63, 3.8) is 0 Å². The first-order valence-electron chi connectivity index (χ1n) is 3.79. The molecule has 0 aliphatic carbocycles. The molecule has 0 radical (unpaired) electrons. The highest BCUT2D eigenvalue weighted by molar-refractivity contribution is 14.1. The summed E-state index contributed by atoms with van der Waals surface area (Å²) in [5.41, 5.74) is 1.04. The number of aryl methyl sites for hydroxylation is 1. The summed E-state index contributed by atoms with van der Waals surface area (Å²) in [5.74, 6) is 0.770. The summed E-state index contributed by atoms with van der Waals surface area (Å²) >= 11 is 4.33. The molecule has 2 heterocycles. The smallest absolute Gasteiger partial charge is 0.196 e.